The Morgan fingerprint density at radius 3 is 2.69 bits per heavy atom. The number of fused-ring (bicyclic) bond motifs is 1. The number of ether oxygens (including phenoxy) is 2. The van der Waals surface area contributed by atoms with Crippen LogP contribution >= 0.6 is 0 Å². The van der Waals surface area contributed by atoms with Gasteiger partial charge in [0.25, 0.3) is 5.91 Å². The van der Waals surface area contributed by atoms with Crippen molar-refractivity contribution in [2.24, 2.45) is 5.92 Å². The smallest absolute Gasteiger partial charge is 0.338 e. The Morgan fingerprint density at radius 2 is 1.97 bits per heavy atom. The molecule has 1 amide bonds. The maximum absolute atomic E-state index is 14.8. The van der Waals surface area contributed by atoms with Crippen LogP contribution in [0.15, 0.2) is 42.9 Å². The van der Waals surface area contributed by atoms with E-state index in [0.29, 0.717) is 12.5 Å². The molecule has 0 aliphatic heterocycles. The van der Waals surface area contributed by atoms with Crippen LogP contribution in [-0.4, -0.2) is 50.5 Å². The summed E-state index contributed by atoms with van der Waals surface area (Å²) in [7, 11) is 2.51. The van der Waals surface area contributed by atoms with E-state index < -0.39 is 17.7 Å². The molecule has 186 valence electrons. The van der Waals surface area contributed by atoms with Crippen LogP contribution in [0.25, 0.3) is 5.65 Å². The minimum absolute atomic E-state index is 0.00842. The molecule has 1 unspecified atom stereocenters. The number of hydrogen-bond acceptors (Lipinski definition) is 7. The van der Waals surface area contributed by atoms with E-state index in [1.807, 2.05) is 16.7 Å². The first-order chi connectivity index (χ1) is 17.4. The number of imidazole rings is 1. The number of carbonyl (C=O) groups is 2. The highest BCUT2D eigenvalue weighted by Gasteiger charge is 2.34. The van der Waals surface area contributed by atoms with E-state index in [4.69, 9.17) is 9.47 Å². The lowest BCUT2D eigenvalue weighted by atomic mass is 10.1. The van der Waals surface area contributed by atoms with Crippen LogP contribution in [0, 0.1) is 11.7 Å². The zero-order valence-electron chi connectivity index (χ0n) is 20.1. The zero-order chi connectivity index (χ0) is 25.4. The van der Waals surface area contributed by atoms with Crippen LogP contribution in [0.3, 0.4) is 0 Å². The second-order valence-electron chi connectivity index (χ2n) is 8.86. The summed E-state index contributed by atoms with van der Waals surface area (Å²) in [5.41, 5.74) is 2.90. The highest BCUT2D eigenvalue weighted by Crippen LogP contribution is 2.46. The van der Waals surface area contributed by atoms with Crippen molar-refractivity contribution in [3.8, 4) is 5.75 Å². The molecule has 0 spiro atoms. The average molecular weight is 493 g/mol. The molecule has 1 N–H and O–H groups in total. The normalized spacial score (nSPS) is 16.7. The van der Waals surface area contributed by atoms with Gasteiger partial charge >= 0.3 is 5.97 Å². The predicted octanol–water partition coefficient (Wildman–Crippen LogP) is 2.96. The minimum atomic E-state index is -0.754. The van der Waals surface area contributed by atoms with Crippen molar-refractivity contribution in [1.29, 1.82) is 0 Å². The topological polar surface area (TPSA) is 113 Å². The van der Waals surface area contributed by atoms with E-state index in [0.717, 1.165) is 17.3 Å². The van der Waals surface area contributed by atoms with Crippen LogP contribution in [0.4, 0.5) is 4.39 Å². The molecular formula is C25H25FN6O4. The molecule has 10 nitrogen and oxygen atoms in total. The van der Waals surface area contributed by atoms with Crippen LogP contribution in [-0.2, 0) is 17.8 Å². The van der Waals surface area contributed by atoms with Crippen LogP contribution < -0.4 is 10.1 Å². The van der Waals surface area contributed by atoms with Gasteiger partial charge < -0.3 is 19.2 Å². The molecule has 1 aliphatic carbocycles. The number of pyridine rings is 1. The SMILES string of the molecule is COC(=O)c1ccc(OC)c(F)c1CNC(=O)c1cn(Cc2cn3cc(C4C[C@H]4C)ccc3n2)nn1. The third-order valence-electron chi connectivity index (χ3n) is 6.42. The molecule has 3 heterocycles. The van der Waals surface area contributed by atoms with Crippen molar-refractivity contribution < 1.29 is 23.5 Å². The van der Waals surface area contributed by atoms with Gasteiger partial charge in [-0.1, -0.05) is 18.2 Å². The molecule has 36 heavy (non-hydrogen) atoms. The fourth-order valence-electron chi connectivity index (χ4n) is 4.28. The van der Waals surface area contributed by atoms with Gasteiger partial charge in [-0.15, -0.1) is 5.10 Å². The number of benzene rings is 1. The van der Waals surface area contributed by atoms with E-state index in [-0.39, 0.29) is 29.1 Å². The number of rotatable bonds is 8. The maximum Gasteiger partial charge on any atom is 0.338 e. The molecule has 1 saturated carbocycles. The van der Waals surface area contributed by atoms with Crippen molar-refractivity contribution in [2.45, 2.75) is 32.4 Å². The molecule has 3 aromatic heterocycles. The third-order valence-corrected chi connectivity index (χ3v) is 6.42. The molecule has 0 saturated heterocycles. The van der Waals surface area contributed by atoms with Crippen LogP contribution in [0.5, 0.6) is 5.75 Å². The van der Waals surface area contributed by atoms with Crippen molar-refractivity contribution >= 4 is 17.5 Å². The lowest BCUT2D eigenvalue weighted by molar-refractivity contribution is 0.0597. The first kappa shape index (κ1) is 23.5. The number of nitrogens with zero attached hydrogens (tertiary/aromatic N) is 5. The number of nitrogens with one attached hydrogen (secondary N) is 1. The Bertz CT molecular complexity index is 1460. The molecule has 11 heteroatoms. The minimum Gasteiger partial charge on any atom is -0.494 e. The monoisotopic (exact) mass is 492 g/mol. The van der Waals surface area contributed by atoms with Gasteiger partial charge in [-0.05, 0) is 42.0 Å². The fourth-order valence-corrected chi connectivity index (χ4v) is 4.28. The number of halogens is 1. The quantitative estimate of drug-likeness (QED) is 0.376. The molecule has 1 fully saturated rings. The van der Waals surface area contributed by atoms with Crippen molar-refractivity contribution in [1.82, 2.24) is 29.7 Å². The lowest BCUT2D eigenvalue weighted by Gasteiger charge is -2.12. The number of hydrogen-bond donors (Lipinski definition) is 1. The lowest BCUT2D eigenvalue weighted by Crippen LogP contribution is -2.25. The van der Waals surface area contributed by atoms with Crippen LogP contribution in [0.2, 0.25) is 0 Å². The van der Waals surface area contributed by atoms with Crippen molar-refractivity contribution in [3.05, 3.63) is 76.8 Å². The number of amides is 1. The third kappa shape index (κ3) is 4.51. The molecule has 5 rings (SSSR count). The zero-order valence-corrected chi connectivity index (χ0v) is 20.1. The highest BCUT2D eigenvalue weighted by atomic mass is 19.1. The van der Waals surface area contributed by atoms with E-state index in [1.165, 1.54) is 49.2 Å². The Kier molecular flexibility index (Phi) is 6.13. The summed E-state index contributed by atoms with van der Waals surface area (Å²) in [6.45, 7) is 2.31. The first-order valence-corrected chi connectivity index (χ1v) is 11.5. The molecular weight excluding hydrogens is 467 g/mol. The summed E-state index contributed by atoms with van der Waals surface area (Å²) in [4.78, 5) is 29.3. The second-order valence-corrected chi connectivity index (χ2v) is 8.86. The van der Waals surface area contributed by atoms with Gasteiger partial charge in [0.1, 0.15) is 5.65 Å². The molecule has 2 atom stereocenters. The second kappa shape index (κ2) is 9.40. The number of carbonyl (C=O) groups excluding carboxylic acids is 2. The average Bonchev–Trinajstić information content (AvgIpc) is 3.25. The van der Waals surface area contributed by atoms with E-state index in [2.05, 4.69) is 39.8 Å². The van der Waals surface area contributed by atoms with Crippen LogP contribution in [0.1, 0.15) is 56.9 Å². The summed E-state index contributed by atoms with van der Waals surface area (Å²) >= 11 is 0. The molecule has 4 aromatic rings. The van der Waals surface area contributed by atoms with Gasteiger partial charge in [-0.2, -0.15) is 0 Å². The van der Waals surface area contributed by atoms with E-state index in [1.54, 1.807) is 0 Å². The molecule has 1 aromatic carbocycles. The van der Waals surface area contributed by atoms with Gasteiger partial charge in [0.2, 0.25) is 0 Å². The van der Waals surface area contributed by atoms with E-state index in [9.17, 15) is 14.0 Å². The number of methoxy groups -OCH3 is 2. The van der Waals surface area contributed by atoms with Gasteiger partial charge in [0.15, 0.2) is 17.3 Å². The van der Waals surface area contributed by atoms with Gasteiger partial charge in [-0.25, -0.2) is 18.9 Å². The Hall–Kier alpha value is -4.28. The highest BCUT2D eigenvalue weighted by molar-refractivity contribution is 5.93. The number of esters is 1. The van der Waals surface area contributed by atoms with Gasteiger partial charge in [-0.3, -0.25) is 4.79 Å². The standard InChI is InChI=1S/C25H25FN6O4/c1-14-8-18(14)15-4-7-22-28-16(11-31(22)10-15)12-32-13-20(29-30-32)24(33)27-9-19-17(25(34)36-3)5-6-21(35-2)23(19)26/h4-7,10-11,13-14,18H,8-9,12H2,1-3H3,(H,27,33)/t14-,18?/m1/s1. The van der Waals surface area contributed by atoms with Gasteiger partial charge in [0.05, 0.1) is 38.2 Å². The van der Waals surface area contributed by atoms with Crippen molar-refractivity contribution in [3.63, 3.8) is 0 Å². The predicted molar refractivity (Wildman–Crippen MR) is 126 cm³/mol. The van der Waals surface area contributed by atoms with Crippen molar-refractivity contribution in [2.75, 3.05) is 14.2 Å². The Morgan fingerprint density at radius 1 is 1.17 bits per heavy atom. The molecule has 0 radical (unpaired) electrons. The summed E-state index contributed by atoms with van der Waals surface area (Å²) in [6, 6.07) is 6.83. The summed E-state index contributed by atoms with van der Waals surface area (Å²) in [6.07, 6.45) is 6.75. The summed E-state index contributed by atoms with van der Waals surface area (Å²) < 4.78 is 28.0. The fraction of sp³-hybridized carbons (Fsp3) is 0.320. The summed E-state index contributed by atoms with van der Waals surface area (Å²) in [5.74, 6) is -0.765. The molecule has 1 aliphatic rings. The van der Waals surface area contributed by atoms with E-state index >= 15 is 0 Å². The maximum atomic E-state index is 14.8. The first-order valence-electron chi connectivity index (χ1n) is 11.5. The summed E-state index contributed by atoms with van der Waals surface area (Å²) in [5, 5.41) is 10.5. The Balaban J connectivity index is 1.27. The molecule has 0 bridgehead atoms. The largest absolute Gasteiger partial charge is 0.494 e. The van der Waals surface area contributed by atoms with Gasteiger partial charge in [0, 0.05) is 24.5 Å². The number of aromatic nitrogens is 5. The Labute approximate surface area is 206 Å².